The zero-order valence-corrected chi connectivity index (χ0v) is 13.5. The van der Waals surface area contributed by atoms with E-state index in [2.05, 4.69) is 4.98 Å². The molecule has 2 aromatic heterocycles. The lowest BCUT2D eigenvalue weighted by Crippen LogP contribution is -2.33. The van der Waals surface area contributed by atoms with E-state index in [0.717, 1.165) is 41.9 Å². The highest BCUT2D eigenvalue weighted by Crippen LogP contribution is 2.34. The third kappa shape index (κ3) is 2.88. The Bertz CT molecular complexity index is 776. The smallest absolute Gasteiger partial charge is 0.270 e. The van der Waals surface area contributed by atoms with Crippen molar-refractivity contribution in [2.45, 2.75) is 11.7 Å². The molecule has 118 valence electrons. The Kier molecular flexibility index (Phi) is 3.87. The van der Waals surface area contributed by atoms with Gasteiger partial charge >= 0.3 is 0 Å². The molecule has 4 rings (SSSR count). The molecule has 0 unspecified atom stereocenters. The van der Waals surface area contributed by atoms with Gasteiger partial charge in [0.2, 0.25) is 0 Å². The first-order valence-corrected chi connectivity index (χ1v) is 8.88. The van der Waals surface area contributed by atoms with Crippen molar-refractivity contribution in [3.63, 3.8) is 0 Å². The molecule has 1 fully saturated rings. The molecule has 4 nitrogen and oxygen atoms in total. The van der Waals surface area contributed by atoms with Gasteiger partial charge in [0.25, 0.3) is 5.91 Å². The van der Waals surface area contributed by atoms with Crippen LogP contribution in [0.4, 0.5) is 0 Å². The summed E-state index contributed by atoms with van der Waals surface area (Å²) in [5, 5.41) is 1.42. The molecule has 0 saturated carbocycles. The second-order valence-corrected chi connectivity index (χ2v) is 7.04. The third-order valence-corrected chi connectivity index (χ3v) is 5.54. The maximum Gasteiger partial charge on any atom is 0.270 e. The highest BCUT2D eigenvalue weighted by Gasteiger charge is 2.24. The van der Waals surface area contributed by atoms with Crippen LogP contribution in [0.25, 0.3) is 10.9 Å². The molecule has 1 saturated heterocycles. The number of rotatable bonds is 2. The van der Waals surface area contributed by atoms with E-state index in [1.165, 1.54) is 0 Å². The van der Waals surface area contributed by atoms with Gasteiger partial charge in [-0.1, -0.05) is 18.2 Å². The number of nitrogens with one attached hydrogen (secondary N) is 1. The number of H-pyrrole nitrogens is 1. The summed E-state index contributed by atoms with van der Waals surface area (Å²) in [5.74, 6) is 2.02. The molecule has 1 atom stereocenters. The molecule has 1 aromatic carbocycles. The number of aromatic amines is 1. The molecular formula is C18H18N2O2S. The minimum absolute atomic E-state index is 0.0851. The Hall–Kier alpha value is -2.14. The number of furan rings is 1. The molecule has 0 radical (unpaired) electrons. The van der Waals surface area contributed by atoms with Crippen molar-refractivity contribution in [2.24, 2.45) is 0 Å². The van der Waals surface area contributed by atoms with Crippen LogP contribution in [0.3, 0.4) is 0 Å². The van der Waals surface area contributed by atoms with Crippen LogP contribution in [-0.4, -0.2) is 34.6 Å². The highest BCUT2D eigenvalue weighted by molar-refractivity contribution is 7.99. The number of thioether (sulfide) groups is 1. The minimum atomic E-state index is 0.0851. The number of carbonyl (C=O) groups excluding carboxylic acids is 1. The maximum absolute atomic E-state index is 12.8. The average Bonchev–Trinajstić information content (AvgIpc) is 3.19. The van der Waals surface area contributed by atoms with Crippen molar-refractivity contribution >= 4 is 28.6 Å². The first-order chi connectivity index (χ1) is 11.3. The lowest BCUT2D eigenvalue weighted by molar-refractivity contribution is 0.0761. The summed E-state index contributed by atoms with van der Waals surface area (Å²) in [6.45, 7) is 1.53. The lowest BCUT2D eigenvalue weighted by atomic mass is 10.2. The number of para-hydroxylation sites is 1. The van der Waals surface area contributed by atoms with E-state index < -0.39 is 0 Å². The van der Waals surface area contributed by atoms with Gasteiger partial charge in [0, 0.05) is 29.7 Å². The Labute approximate surface area is 138 Å². The Balaban J connectivity index is 1.50. The Morgan fingerprint density at radius 3 is 2.96 bits per heavy atom. The topological polar surface area (TPSA) is 49.2 Å². The van der Waals surface area contributed by atoms with Gasteiger partial charge in [-0.3, -0.25) is 4.79 Å². The molecule has 23 heavy (non-hydrogen) atoms. The fourth-order valence-electron chi connectivity index (χ4n) is 3.03. The van der Waals surface area contributed by atoms with Crippen LogP contribution in [0.2, 0.25) is 0 Å². The zero-order valence-electron chi connectivity index (χ0n) is 12.7. The van der Waals surface area contributed by atoms with E-state index in [9.17, 15) is 4.79 Å². The summed E-state index contributed by atoms with van der Waals surface area (Å²) in [6.07, 6.45) is 2.64. The van der Waals surface area contributed by atoms with Crippen LogP contribution in [0.1, 0.15) is 27.9 Å². The summed E-state index contributed by atoms with van der Waals surface area (Å²) in [4.78, 5) is 18.0. The van der Waals surface area contributed by atoms with Gasteiger partial charge in [0.1, 0.15) is 11.5 Å². The first-order valence-electron chi connectivity index (χ1n) is 7.83. The van der Waals surface area contributed by atoms with E-state index in [4.69, 9.17) is 4.42 Å². The SMILES string of the molecule is O=C(c1cc2ccccc2[nH]1)N1CCS[C@@H](c2ccco2)CC1. The van der Waals surface area contributed by atoms with Gasteiger partial charge in [-0.05, 0) is 30.7 Å². The van der Waals surface area contributed by atoms with E-state index in [0.29, 0.717) is 10.9 Å². The molecule has 3 heterocycles. The van der Waals surface area contributed by atoms with Crippen LogP contribution in [-0.2, 0) is 0 Å². The maximum atomic E-state index is 12.8. The molecule has 0 aliphatic carbocycles. The normalized spacial score (nSPS) is 19.0. The number of hydrogen-bond acceptors (Lipinski definition) is 3. The van der Waals surface area contributed by atoms with Gasteiger partial charge in [0.15, 0.2) is 0 Å². The fraction of sp³-hybridized carbons (Fsp3) is 0.278. The van der Waals surface area contributed by atoms with Crippen LogP contribution >= 0.6 is 11.8 Å². The number of amides is 1. The molecule has 1 aliphatic rings. The van der Waals surface area contributed by atoms with Crippen LogP contribution in [0.15, 0.2) is 53.1 Å². The molecule has 0 spiro atoms. The minimum Gasteiger partial charge on any atom is -0.468 e. The molecule has 3 aromatic rings. The highest BCUT2D eigenvalue weighted by atomic mass is 32.2. The summed E-state index contributed by atoms with van der Waals surface area (Å²) < 4.78 is 5.52. The van der Waals surface area contributed by atoms with E-state index >= 15 is 0 Å². The molecule has 1 aliphatic heterocycles. The monoisotopic (exact) mass is 326 g/mol. The van der Waals surface area contributed by atoms with Crippen molar-refractivity contribution in [3.05, 3.63) is 60.2 Å². The molecule has 1 amide bonds. The predicted octanol–water partition coefficient (Wildman–Crippen LogP) is 4.08. The van der Waals surface area contributed by atoms with Crippen molar-refractivity contribution in [1.29, 1.82) is 0 Å². The van der Waals surface area contributed by atoms with E-state index in [1.54, 1.807) is 6.26 Å². The first kappa shape index (κ1) is 14.5. The summed E-state index contributed by atoms with van der Waals surface area (Å²) in [7, 11) is 0. The van der Waals surface area contributed by atoms with E-state index in [-0.39, 0.29) is 5.91 Å². The zero-order chi connectivity index (χ0) is 15.6. The molecular weight excluding hydrogens is 308 g/mol. The third-order valence-electron chi connectivity index (χ3n) is 4.25. The van der Waals surface area contributed by atoms with Crippen LogP contribution < -0.4 is 0 Å². The van der Waals surface area contributed by atoms with Gasteiger partial charge < -0.3 is 14.3 Å². The average molecular weight is 326 g/mol. The number of benzene rings is 1. The van der Waals surface area contributed by atoms with Crippen molar-refractivity contribution in [2.75, 3.05) is 18.8 Å². The number of aromatic nitrogens is 1. The van der Waals surface area contributed by atoms with Gasteiger partial charge in [-0.25, -0.2) is 0 Å². The summed E-state index contributed by atoms with van der Waals surface area (Å²) in [5.41, 5.74) is 1.68. The lowest BCUT2D eigenvalue weighted by Gasteiger charge is -2.19. The fourth-order valence-corrected chi connectivity index (χ4v) is 4.22. The molecule has 0 bridgehead atoms. The second kappa shape index (κ2) is 6.16. The molecule has 1 N–H and O–H groups in total. The number of hydrogen-bond donors (Lipinski definition) is 1. The standard InChI is InChI=1S/C18H18N2O2S/c21-18(15-12-13-4-1-2-5-14(13)19-15)20-8-7-17(23-11-9-20)16-6-3-10-22-16/h1-6,10,12,17,19H,7-9,11H2/t17-/m1/s1. The Morgan fingerprint density at radius 1 is 1.22 bits per heavy atom. The van der Waals surface area contributed by atoms with E-state index in [1.807, 2.05) is 59.1 Å². The Morgan fingerprint density at radius 2 is 2.13 bits per heavy atom. The van der Waals surface area contributed by atoms with Crippen molar-refractivity contribution in [1.82, 2.24) is 9.88 Å². The second-order valence-electron chi connectivity index (χ2n) is 5.73. The van der Waals surface area contributed by atoms with Gasteiger partial charge in [-0.2, -0.15) is 0 Å². The van der Waals surface area contributed by atoms with Crippen LogP contribution in [0, 0.1) is 0 Å². The summed E-state index contributed by atoms with van der Waals surface area (Å²) >= 11 is 1.87. The number of fused-ring (bicyclic) bond motifs is 1. The number of carbonyl (C=O) groups is 1. The van der Waals surface area contributed by atoms with Gasteiger partial charge in [-0.15, -0.1) is 11.8 Å². The van der Waals surface area contributed by atoms with Crippen molar-refractivity contribution < 1.29 is 9.21 Å². The number of nitrogens with zero attached hydrogens (tertiary/aromatic N) is 1. The predicted molar refractivity (Wildman–Crippen MR) is 92.7 cm³/mol. The van der Waals surface area contributed by atoms with Crippen molar-refractivity contribution in [3.8, 4) is 0 Å². The van der Waals surface area contributed by atoms with Gasteiger partial charge in [0.05, 0.1) is 11.5 Å². The van der Waals surface area contributed by atoms with Crippen LogP contribution in [0.5, 0.6) is 0 Å². The largest absolute Gasteiger partial charge is 0.468 e. The molecule has 5 heteroatoms. The summed E-state index contributed by atoms with van der Waals surface area (Å²) in [6, 6.07) is 13.9. The quantitative estimate of drug-likeness (QED) is 0.772.